The van der Waals surface area contributed by atoms with Crippen molar-refractivity contribution in [3.8, 4) is 0 Å². The van der Waals surface area contributed by atoms with Gasteiger partial charge in [0.2, 0.25) is 0 Å². The van der Waals surface area contributed by atoms with Crippen LogP contribution in [0.25, 0.3) is 0 Å². The fourth-order valence-electron chi connectivity index (χ4n) is 1.40. The maximum Gasteiger partial charge on any atom is 0.323 e. The number of ether oxygens (including phenoxy) is 1. The largest absolute Gasteiger partial charge is 0.465 e. The molecule has 0 aromatic heterocycles. The first-order chi connectivity index (χ1) is 6.04. The number of hydrogen-bond acceptors (Lipinski definition) is 3. The molecular weight excluding hydrogens is 166 g/mol. The zero-order valence-electron chi connectivity index (χ0n) is 9.33. The monoisotopic (exact) mass is 187 g/mol. The first-order valence-electron chi connectivity index (χ1n) is 4.87. The first-order valence-corrected chi connectivity index (χ1v) is 4.87. The van der Waals surface area contributed by atoms with E-state index < -0.39 is 0 Å². The minimum atomic E-state index is -0.109. The zero-order chi connectivity index (χ0) is 10.4. The molecule has 0 spiro atoms. The predicted octanol–water partition coefficient (Wildman–Crippen LogP) is 1.53. The number of nitrogens with zero attached hydrogens (tertiary/aromatic N) is 1. The Labute approximate surface area is 81.1 Å². The van der Waals surface area contributed by atoms with E-state index in [0.29, 0.717) is 12.5 Å². The summed E-state index contributed by atoms with van der Waals surface area (Å²) in [6.07, 6.45) is 0.988. The Morgan fingerprint density at radius 3 is 2.23 bits per heavy atom. The lowest BCUT2D eigenvalue weighted by Gasteiger charge is -2.27. The maximum atomic E-state index is 11.5. The molecule has 78 valence electrons. The van der Waals surface area contributed by atoms with Crippen molar-refractivity contribution < 1.29 is 9.53 Å². The standard InChI is InChI=1S/C10H21NO2/c1-6-8(3)9(11(4)5)10(12)13-7-2/h8-9H,6-7H2,1-5H3. The normalized spacial score (nSPS) is 15.5. The minimum Gasteiger partial charge on any atom is -0.465 e. The van der Waals surface area contributed by atoms with Gasteiger partial charge >= 0.3 is 5.97 Å². The van der Waals surface area contributed by atoms with Crippen molar-refractivity contribution in [1.82, 2.24) is 4.90 Å². The summed E-state index contributed by atoms with van der Waals surface area (Å²) in [5, 5.41) is 0. The lowest BCUT2D eigenvalue weighted by molar-refractivity contribution is -0.150. The molecule has 0 bridgehead atoms. The highest BCUT2D eigenvalue weighted by atomic mass is 16.5. The van der Waals surface area contributed by atoms with E-state index in [1.165, 1.54) is 0 Å². The van der Waals surface area contributed by atoms with Crippen molar-refractivity contribution >= 4 is 5.97 Å². The van der Waals surface area contributed by atoms with Crippen LogP contribution in [-0.2, 0) is 9.53 Å². The average Bonchev–Trinajstić information content (AvgIpc) is 2.04. The second-order valence-electron chi connectivity index (χ2n) is 3.55. The molecule has 13 heavy (non-hydrogen) atoms. The van der Waals surface area contributed by atoms with Gasteiger partial charge in [-0.1, -0.05) is 20.3 Å². The maximum absolute atomic E-state index is 11.5. The predicted molar refractivity (Wildman–Crippen MR) is 53.6 cm³/mol. The van der Waals surface area contributed by atoms with Gasteiger partial charge in [-0.05, 0) is 26.9 Å². The molecule has 3 heteroatoms. The highest BCUT2D eigenvalue weighted by Crippen LogP contribution is 2.13. The Balaban J connectivity index is 4.32. The van der Waals surface area contributed by atoms with Crippen LogP contribution < -0.4 is 0 Å². The fourth-order valence-corrected chi connectivity index (χ4v) is 1.40. The Bertz CT molecular complexity index is 157. The molecule has 0 radical (unpaired) electrons. The molecule has 0 aliphatic heterocycles. The van der Waals surface area contributed by atoms with Gasteiger partial charge < -0.3 is 4.74 Å². The molecule has 2 atom stereocenters. The van der Waals surface area contributed by atoms with Crippen molar-refractivity contribution in [2.24, 2.45) is 5.92 Å². The van der Waals surface area contributed by atoms with Crippen LogP contribution in [0.1, 0.15) is 27.2 Å². The Kier molecular flexibility index (Phi) is 5.71. The summed E-state index contributed by atoms with van der Waals surface area (Å²) in [5.41, 5.74) is 0. The van der Waals surface area contributed by atoms with Crippen molar-refractivity contribution in [3.63, 3.8) is 0 Å². The van der Waals surface area contributed by atoms with E-state index in [2.05, 4.69) is 13.8 Å². The minimum absolute atomic E-state index is 0.107. The molecule has 0 aromatic carbocycles. The molecule has 0 fully saturated rings. The summed E-state index contributed by atoms with van der Waals surface area (Å²) in [7, 11) is 3.82. The van der Waals surface area contributed by atoms with Gasteiger partial charge in [-0.15, -0.1) is 0 Å². The van der Waals surface area contributed by atoms with Gasteiger partial charge in [0, 0.05) is 0 Å². The Hall–Kier alpha value is -0.570. The number of carbonyl (C=O) groups excluding carboxylic acids is 1. The number of hydrogen-bond donors (Lipinski definition) is 0. The third kappa shape index (κ3) is 3.77. The first kappa shape index (κ1) is 12.4. The Morgan fingerprint density at radius 2 is 1.92 bits per heavy atom. The molecule has 0 aliphatic carbocycles. The molecular formula is C10H21NO2. The summed E-state index contributed by atoms with van der Waals surface area (Å²) in [4.78, 5) is 13.4. The molecule has 0 rings (SSSR count). The molecule has 2 unspecified atom stereocenters. The van der Waals surface area contributed by atoms with Crippen LogP contribution in [-0.4, -0.2) is 37.6 Å². The van der Waals surface area contributed by atoms with Crippen LogP contribution in [0, 0.1) is 5.92 Å². The number of likely N-dealkylation sites (N-methyl/N-ethyl adjacent to an activating group) is 1. The van der Waals surface area contributed by atoms with Crippen molar-refractivity contribution in [2.45, 2.75) is 33.2 Å². The van der Waals surface area contributed by atoms with Crippen molar-refractivity contribution in [2.75, 3.05) is 20.7 Å². The van der Waals surface area contributed by atoms with Gasteiger partial charge in [0.1, 0.15) is 6.04 Å². The summed E-state index contributed by atoms with van der Waals surface area (Å²) in [6.45, 7) is 6.45. The quantitative estimate of drug-likeness (QED) is 0.611. The highest BCUT2D eigenvalue weighted by molar-refractivity contribution is 5.76. The summed E-state index contributed by atoms with van der Waals surface area (Å²) in [6, 6.07) is -0.107. The van der Waals surface area contributed by atoms with E-state index in [9.17, 15) is 4.79 Å². The van der Waals surface area contributed by atoms with Gasteiger partial charge in [-0.3, -0.25) is 9.69 Å². The second-order valence-corrected chi connectivity index (χ2v) is 3.55. The third-order valence-corrected chi connectivity index (χ3v) is 2.27. The van der Waals surface area contributed by atoms with Crippen LogP contribution in [0.4, 0.5) is 0 Å². The summed E-state index contributed by atoms with van der Waals surface area (Å²) >= 11 is 0. The number of esters is 1. The van der Waals surface area contributed by atoms with E-state index in [4.69, 9.17) is 4.74 Å². The smallest absolute Gasteiger partial charge is 0.323 e. The summed E-state index contributed by atoms with van der Waals surface area (Å²) < 4.78 is 5.01. The van der Waals surface area contributed by atoms with Gasteiger partial charge in [-0.25, -0.2) is 0 Å². The summed E-state index contributed by atoms with van der Waals surface area (Å²) in [5.74, 6) is 0.232. The fraction of sp³-hybridized carbons (Fsp3) is 0.900. The SMILES string of the molecule is CCOC(=O)C(C(C)CC)N(C)C. The van der Waals surface area contributed by atoms with Crippen LogP contribution in [0.5, 0.6) is 0 Å². The van der Waals surface area contributed by atoms with Crippen LogP contribution in [0.3, 0.4) is 0 Å². The Morgan fingerprint density at radius 1 is 1.38 bits per heavy atom. The molecule has 3 nitrogen and oxygen atoms in total. The van der Waals surface area contributed by atoms with Crippen molar-refractivity contribution in [3.05, 3.63) is 0 Å². The van der Waals surface area contributed by atoms with Gasteiger partial charge in [0.25, 0.3) is 0 Å². The zero-order valence-corrected chi connectivity index (χ0v) is 9.33. The average molecular weight is 187 g/mol. The molecule has 0 aromatic rings. The van der Waals surface area contributed by atoms with E-state index in [1.807, 2.05) is 25.9 Å². The molecule has 0 amide bonds. The van der Waals surface area contributed by atoms with Crippen LogP contribution >= 0.6 is 0 Å². The molecule has 0 saturated carbocycles. The molecule has 0 heterocycles. The van der Waals surface area contributed by atoms with E-state index >= 15 is 0 Å². The second kappa shape index (κ2) is 5.97. The topological polar surface area (TPSA) is 29.5 Å². The van der Waals surface area contributed by atoms with Crippen molar-refractivity contribution in [1.29, 1.82) is 0 Å². The number of carbonyl (C=O) groups is 1. The molecule has 0 N–H and O–H groups in total. The third-order valence-electron chi connectivity index (χ3n) is 2.27. The number of rotatable bonds is 5. The van der Waals surface area contributed by atoms with E-state index in [-0.39, 0.29) is 12.0 Å². The lowest BCUT2D eigenvalue weighted by Crippen LogP contribution is -2.42. The van der Waals surface area contributed by atoms with E-state index in [0.717, 1.165) is 6.42 Å². The highest BCUT2D eigenvalue weighted by Gasteiger charge is 2.26. The molecule has 0 saturated heterocycles. The van der Waals surface area contributed by atoms with Gasteiger partial charge in [-0.2, -0.15) is 0 Å². The van der Waals surface area contributed by atoms with Crippen LogP contribution in [0.15, 0.2) is 0 Å². The lowest BCUT2D eigenvalue weighted by atomic mass is 9.98. The van der Waals surface area contributed by atoms with E-state index in [1.54, 1.807) is 0 Å². The molecule has 0 aliphatic rings. The van der Waals surface area contributed by atoms with Gasteiger partial charge in [0.05, 0.1) is 6.61 Å². The van der Waals surface area contributed by atoms with Gasteiger partial charge in [0.15, 0.2) is 0 Å². The van der Waals surface area contributed by atoms with Crippen LogP contribution in [0.2, 0.25) is 0 Å².